The van der Waals surface area contributed by atoms with Crippen molar-refractivity contribution in [3.05, 3.63) is 64.7 Å². The molecule has 2 N–H and O–H groups in total. The highest BCUT2D eigenvalue weighted by molar-refractivity contribution is 6.30. The van der Waals surface area contributed by atoms with Gasteiger partial charge in [-0.25, -0.2) is 4.79 Å². The minimum Gasteiger partial charge on any atom is -0.479 e. The Balaban J connectivity index is 2.33. The Labute approximate surface area is 116 Å². The van der Waals surface area contributed by atoms with Crippen molar-refractivity contribution in [1.29, 1.82) is 0 Å². The van der Waals surface area contributed by atoms with Crippen molar-refractivity contribution >= 4 is 23.3 Å². The van der Waals surface area contributed by atoms with Crippen molar-refractivity contribution < 1.29 is 9.90 Å². The molecule has 4 heteroatoms. The molecular formula is C15H14ClNO2. The average molecular weight is 276 g/mol. The van der Waals surface area contributed by atoms with E-state index in [1.54, 1.807) is 18.2 Å². The highest BCUT2D eigenvalue weighted by Crippen LogP contribution is 2.25. The highest BCUT2D eigenvalue weighted by Gasteiger charge is 2.21. The molecule has 0 bridgehead atoms. The quantitative estimate of drug-likeness (QED) is 0.890. The van der Waals surface area contributed by atoms with Crippen LogP contribution >= 0.6 is 11.6 Å². The number of aliphatic carboxylic acids is 1. The number of anilines is 1. The third-order valence-corrected chi connectivity index (χ3v) is 3.11. The van der Waals surface area contributed by atoms with Crippen LogP contribution in [0.4, 0.5) is 5.69 Å². The molecular weight excluding hydrogens is 262 g/mol. The number of carboxylic acids is 1. The zero-order valence-corrected chi connectivity index (χ0v) is 11.2. The van der Waals surface area contributed by atoms with Gasteiger partial charge in [0.15, 0.2) is 6.04 Å². The summed E-state index contributed by atoms with van der Waals surface area (Å²) in [5, 5.41) is 13.0. The van der Waals surface area contributed by atoms with Crippen LogP contribution in [0.5, 0.6) is 0 Å². The van der Waals surface area contributed by atoms with Gasteiger partial charge in [-0.2, -0.15) is 0 Å². The molecule has 0 saturated heterocycles. The molecule has 0 aliphatic rings. The van der Waals surface area contributed by atoms with Crippen molar-refractivity contribution in [3.63, 3.8) is 0 Å². The predicted molar refractivity (Wildman–Crippen MR) is 76.6 cm³/mol. The number of aryl methyl sites for hydroxylation is 1. The van der Waals surface area contributed by atoms with Crippen molar-refractivity contribution in [3.8, 4) is 0 Å². The summed E-state index contributed by atoms with van der Waals surface area (Å²) in [5.41, 5.74) is 2.33. The van der Waals surface area contributed by atoms with E-state index in [2.05, 4.69) is 5.32 Å². The Hall–Kier alpha value is -2.00. The Morgan fingerprint density at radius 2 is 1.89 bits per heavy atom. The van der Waals surface area contributed by atoms with E-state index in [1.165, 1.54) is 0 Å². The van der Waals surface area contributed by atoms with Crippen molar-refractivity contribution in [2.75, 3.05) is 5.32 Å². The van der Waals surface area contributed by atoms with Gasteiger partial charge in [0, 0.05) is 10.7 Å². The molecule has 3 nitrogen and oxygen atoms in total. The topological polar surface area (TPSA) is 49.3 Å². The number of carboxylic acid groups (broad SMARTS) is 1. The van der Waals surface area contributed by atoms with Gasteiger partial charge in [-0.1, -0.05) is 35.9 Å². The van der Waals surface area contributed by atoms with Gasteiger partial charge < -0.3 is 10.4 Å². The van der Waals surface area contributed by atoms with Gasteiger partial charge in [-0.05, 0) is 42.3 Å². The highest BCUT2D eigenvalue weighted by atomic mass is 35.5. The normalized spacial score (nSPS) is 11.9. The van der Waals surface area contributed by atoms with E-state index >= 15 is 0 Å². The first kappa shape index (κ1) is 13.4. The van der Waals surface area contributed by atoms with Crippen LogP contribution in [0.1, 0.15) is 17.2 Å². The van der Waals surface area contributed by atoms with Gasteiger partial charge >= 0.3 is 5.97 Å². The summed E-state index contributed by atoms with van der Waals surface area (Å²) < 4.78 is 0. The zero-order chi connectivity index (χ0) is 13.8. The van der Waals surface area contributed by atoms with E-state index in [-0.39, 0.29) is 0 Å². The summed E-state index contributed by atoms with van der Waals surface area (Å²) in [4.78, 5) is 11.4. The van der Waals surface area contributed by atoms with E-state index in [1.807, 2.05) is 37.3 Å². The molecule has 0 aliphatic carbocycles. The third-order valence-electron chi connectivity index (χ3n) is 2.87. The largest absolute Gasteiger partial charge is 0.479 e. The van der Waals surface area contributed by atoms with Gasteiger partial charge in [0.05, 0.1) is 0 Å². The standard InChI is InChI=1S/C15H14ClNO2/c1-10-9-11(16)7-8-13(10)14(15(18)19)17-12-5-3-2-4-6-12/h2-9,14,17H,1H3,(H,18,19). The number of rotatable bonds is 4. The molecule has 2 aromatic carbocycles. The third kappa shape index (κ3) is 3.26. The summed E-state index contributed by atoms with van der Waals surface area (Å²) in [6, 6.07) is 13.7. The van der Waals surface area contributed by atoms with Crippen molar-refractivity contribution in [2.24, 2.45) is 0 Å². The van der Waals surface area contributed by atoms with Crippen LogP contribution in [-0.2, 0) is 4.79 Å². The van der Waals surface area contributed by atoms with Crippen LogP contribution in [0.3, 0.4) is 0 Å². The summed E-state index contributed by atoms with van der Waals surface area (Å²) in [7, 11) is 0. The Morgan fingerprint density at radius 1 is 1.21 bits per heavy atom. The molecule has 0 amide bonds. The van der Waals surface area contributed by atoms with Gasteiger partial charge in [0.2, 0.25) is 0 Å². The SMILES string of the molecule is Cc1cc(Cl)ccc1C(Nc1ccccc1)C(=O)O. The predicted octanol–water partition coefficient (Wildman–Crippen LogP) is 3.89. The number of carbonyl (C=O) groups is 1. The lowest BCUT2D eigenvalue weighted by Gasteiger charge is -2.18. The van der Waals surface area contributed by atoms with Crippen LogP contribution < -0.4 is 5.32 Å². The lowest BCUT2D eigenvalue weighted by molar-refractivity contribution is -0.138. The van der Waals surface area contributed by atoms with Gasteiger partial charge in [-0.15, -0.1) is 0 Å². The van der Waals surface area contributed by atoms with E-state index in [9.17, 15) is 9.90 Å². The lowest BCUT2D eigenvalue weighted by atomic mass is 10.0. The molecule has 19 heavy (non-hydrogen) atoms. The Morgan fingerprint density at radius 3 is 2.47 bits per heavy atom. The van der Waals surface area contributed by atoms with Gasteiger partial charge in [0.25, 0.3) is 0 Å². The smallest absolute Gasteiger partial charge is 0.330 e. The summed E-state index contributed by atoms with van der Waals surface area (Å²) >= 11 is 5.89. The zero-order valence-electron chi connectivity index (χ0n) is 10.4. The second-order valence-corrected chi connectivity index (χ2v) is 4.72. The minimum absolute atomic E-state index is 0.602. The van der Waals surface area contributed by atoms with E-state index in [0.29, 0.717) is 10.6 Å². The number of hydrogen-bond acceptors (Lipinski definition) is 2. The fraction of sp³-hybridized carbons (Fsp3) is 0.133. The molecule has 1 unspecified atom stereocenters. The van der Waals surface area contributed by atoms with Gasteiger partial charge in [0.1, 0.15) is 0 Å². The number of halogens is 1. The number of para-hydroxylation sites is 1. The molecule has 0 heterocycles. The Kier molecular flexibility index (Phi) is 4.07. The first-order chi connectivity index (χ1) is 9.08. The molecule has 0 fully saturated rings. The van der Waals surface area contributed by atoms with Gasteiger partial charge in [-0.3, -0.25) is 0 Å². The summed E-state index contributed by atoms with van der Waals surface area (Å²) in [6.07, 6.45) is 0. The Bertz CT molecular complexity index is 584. The molecule has 1 atom stereocenters. The monoisotopic (exact) mass is 275 g/mol. The maximum Gasteiger partial charge on any atom is 0.330 e. The summed E-state index contributed by atoms with van der Waals surface area (Å²) in [5.74, 6) is -0.922. The first-order valence-corrected chi connectivity index (χ1v) is 6.26. The maximum atomic E-state index is 11.4. The minimum atomic E-state index is -0.922. The van der Waals surface area contributed by atoms with E-state index < -0.39 is 12.0 Å². The van der Waals surface area contributed by atoms with Crippen LogP contribution in [-0.4, -0.2) is 11.1 Å². The maximum absolute atomic E-state index is 11.4. The van der Waals surface area contributed by atoms with Crippen molar-refractivity contribution in [2.45, 2.75) is 13.0 Å². The molecule has 98 valence electrons. The molecule has 2 aromatic rings. The molecule has 0 spiro atoms. The fourth-order valence-electron chi connectivity index (χ4n) is 1.94. The fourth-order valence-corrected chi connectivity index (χ4v) is 2.16. The van der Waals surface area contributed by atoms with E-state index in [0.717, 1.165) is 11.3 Å². The summed E-state index contributed by atoms with van der Waals surface area (Å²) in [6.45, 7) is 1.85. The van der Waals surface area contributed by atoms with Crippen LogP contribution in [0, 0.1) is 6.92 Å². The lowest BCUT2D eigenvalue weighted by Crippen LogP contribution is -2.21. The van der Waals surface area contributed by atoms with Crippen molar-refractivity contribution in [1.82, 2.24) is 0 Å². The molecule has 2 rings (SSSR count). The average Bonchev–Trinajstić information content (AvgIpc) is 2.38. The van der Waals surface area contributed by atoms with E-state index in [4.69, 9.17) is 11.6 Å². The van der Waals surface area contributed by atoms with Crippen LogP contribution in [0.25, 0.3) is 0 Å². The van der Waals surface area contributed by atoms with Crippen LogP contribution in [0.2, 0.25) is 5.02 Å². The molecule has 0 saturated carbocycles. The second kappa shape index (κ2) is 5.76. The molecule has 0 aliphatic heterocycles. The first-order valence-electron chi connectivity index (χ1n) is 5.88. The molecule has 0 aromatic heterocycles. The number of nitrogens with one attached hydrogen (secondary N) is 1. The molecule has 0 radical (unpaired) electrons. The number of hydrogen-bond donors (Lipinski definition) is 2. The second-order valence-electron chi connectivity index (χ2n) is 4.28. The number of benzene rings is 2. The van der Waals surface area contributed by atoms with Crippen LogP contribution in [0.15, 0.2) is 48.5 Å².